The van der Waals surface area contributed by atoms with Gasteiger partial charge in [0.05, 0.1) is 15.5 Å². The van der Waals surface area contributed by atoms with Gasteiger partial charge in [-0.1, -0.05) is 35.0 Å². The Morgan fingerprint density at radius 1 is 1.24 bits per heavy atom. The lowest BCUT2D eigenvalue weighted by Crippen LogP contribution is -2.15. The van der Waals surface area contributed by atoms with Gasteiger partial charge in [-0.25, -0.2) is 0 Å². The molecule has 21 heavy (non-hydrogen) atoms. The lowest BCUT2D eigenvalue weighted by Gasteiger charge is -2.11. The summed E-state index contributed by atoms with van der Waals surface area (Å²) in [4.78, 5) is 10.4. The van der Waals surface area contributed by atoms with Crippen molar-refractivity contribution in [2.24, 2.45) is 10.9 Å². The molecule has 0 spiro atoms. The normalized spacial score (nSPS) is 11.2. The van der Waals surface area contributed by atoms with Gasteiger partial charge in [0, 0.05) is 6.07 Å². The summed E-state index contributed by atoms with van der Waals surface area (Å²) in [6.07, 6.45) is 0. The first kappa shape index (κ1) is 14.6. The molecular formula is C13H10ClN3O4. The topological polar surface area (TPSA) is 111 Å². The summed E-state index contributed by atoms with van der Waals surface area (Å²) in [5.74, 6) is -0.0851. The number of hydrogen-bond acceptors (Lipinski definition) is 5. The fraction of sp³-hybridized carbons (Fsp3) is 0. The molecule has 0 aromatic heterocycles. The summed E-state index contributed by atoms with van der Waals surface area (Å²) < 4.78 is 5.51. The molecule has 2 rings (SSSR count). The second-order valence-corrected chi connectivity index (χ2v) is 4.33. The quantitative estimate of drug-likeness (QED) is 0.296. The molecule has 0 saturated carbocycles. The number of para-hydroxylation sites is 2. The first-order valence-corrected chi connectivity index (χ1v) is 6.10. The Morgan fingerprint density at radius 2 is 1.90 bits per heavy atom. The maximum absolute atomic E-state index is 11.0. The van der Waals surface area contributed by atoms with E-state index in [0.29, 0.717) is 0 Å². The summed E-state index contributed by atoms with van der Waals surface area (Å²) >= 11 is 5.99. The lowest BCUT2D eigenvalue weighted by molar-refractivity contribution is -0.385. The Kier molecular flexibility index (Phi) is 4.24. The predicted molar refractivity (Wildman–Crippen MR) is 77.1 cm³/mol. The fourth-order valence-corrected chi connectivity index (χ4v) is 1.96. The summed E-state index contributed by atoms with van der Waals surface area (Å²) in [5.41, 5.74) is 5.50. The van der Waals surface area contributed by atoms with E-state index in [1.807, 2.05) is 0 Å². The van der Waals surface area contributed by atoms with Crippen LogP contribution in [0, 0.1) is 10.1 Å². The van der Waals surface area contributed by atoms with Crippen LogP contribution in [0.25, 0.3) is 0 Å². The zero-order chi connectivity index (χ0) is 15.4. The van der Waals surface area contributed by atoms with Crippen LogP contribution in [-0.4, -0.2) is 16.0 Å². The molecule has 3 N–H and O–H groups in total. The van der Waals surface area contributed by atoms with Crippen molar-refractivity contribution in [3.8, 4) is 11.5 Å². The summed E-state index contributed by atoms with van der Waals surface area (Å²) in [7, 11) is 0. The molecule has 0 atom stereocenters. The molecule has 0 bridgehead atoms. The minimum Gasteiger partial charge on any atom is -0.449 e. The first-order chi connectivity index (χ1) is 10.0. The molecule has 0 saturated heterocycles. The number of amidine groups is 1. The third-order valence-corrected chi connectivity index (χ3v) is 2.94. The Balaban J connectivity index is 2.51. The first-order valence-electron chi connectivity index (χ1n) is 5.72. The van der Waals surface area contributed by atoms with E-state index in [9.17, 15) is 10.1 Å². The summed E-state index contributed by atoms with van der Waals surface area (Å²) in [6, 6.07) is 10.5. The Hall–Kier alpha value is -2.80. The molecule has 0 aliphatic rings. The smallest absolute Gasteiger partial charge is 0.311 e. The van der Waals surface area contributed by atoms with Gasteiger partial charge in [0.2, 0.25) is 5.75 Å². The number of nitrogens with zero attached hydrogens (tertiary/aromatic N) is 2. The number of hydrogen-bond donors (Lipinski definition) is 2. The minimum atomic E-state index is -0.566. The van der Waals surface area contributed by atoms with E-state index in [4.69, 9.17) is 27.3 Å². The lowest BCUT2D eigenvalue weighted by atomic mass is 10.2. The van der Waals surface area contributed by atoms with Gasteiger partial charge in [-0.15, -0.1) is 0 Å². The van der Waals surface area contributed by atoms with Crippen LogP contribution in [0.2, 0.25) is 5.02 Å². The summed E-state index contributed by atoms with van der Waals surface area (Å²) in [5, 5.41) is 22.8. The van der Waals surface area contributed by atoms with Crippen LogP contribution in [0.15, 0.2) is 47.6 Å². The molecule has 2 aromatic carbocycles. The van der Waals surface area contributed by atoms with Crippen LogP contribution in [0.3, 0.4) is 0 Å². The van der Waals surface area contributed by atoms with Gasteiger partial charge in [-0.3, -0.25) is 10.1 Å². The zero-order valence-electron chi connectivity index (χ0n) is 10.6. The van der Waals surface area contributed by atoms with Crippen molar-refractivity contribution < 1.29 is 14.9 Å². The van der Waals surface area contributed by atoms with E-state index in [1.165, 1.54) is 30.3 Å². The van der Waals surface area contributed by atoms with Crippen LogP contribution in [0.4, 0.5) is 5.69 Å². The molecule has 2 aromatic rings. The number of halogens is 1. The second kappa shape index (κ2) is 6.10. The van der Waals surface area contributed by atoms with Gasteiger partial charge >= 0.3 is 5.69 Å². The van der Waals surface area contributed by atoms with Crippen LogP contribution in [0.5, 0.6) is 11.5 Å². The number of benzene rings is 2. The van der Waals surface area contributed by atoms with E-state index in [-0.39, 0.29) is 33.6 Å². The van der Waals surface area contributed by atoms with Crippen molar-refractivity contribution in [2.75, 3.05) is 0 Å². The fourth-order valence-electron chi connectivity index (χ4n) is 1.70. The van der Waals surface area contributed by atoms with Gasteiger partial charge in [0.25, 0.3) is 0 Å². The molecule has 0 aliphatic heterocycles. The standard InChI is InChI=1S/C13H10ClN3O4/c14-8-4-3-7-11(12(8)13(15)16-18)21-10-6-2-1-5-9(10)17(19)20/h1-7,18H,(H2,15,16). The highest BCUT2D eigenvalue weighted by atomic mass is 35.5. The Bertz CT molecular complexity index is 718. The number of ether oxygens (including phenoxy) is 1. The van der Waals surface area contributed by atoms with Crippen LogP contribution < -0.4 is 10.5 Å². The van der Waals surface area contributed by atoms with Gasteiger partial charge in [0.1, 0.15) is 5.75 Å². The predicted octanol–water partition coefficient (Wildman–Crippen LogP) is 3.14. The van der Waals surface area contributed by atoms with E-state index >= 15 is 0 Å². The molecule has 0 fully saturated rings. The van der Waals surface area contributed by atoms with Crippen LogP contribution in [0.1, 0.15) is 5.56 Å². The zero-order valence-corrected chi connectivity index (χ0v) is 11.3. The van der Waals surface area contributed by atoms with E-state index in [1.54, 1.807) is 12.1 Å². The number of rotatable bonds is 4. The molecule has 0 amide bonds. The van der Waals surface area contributed by atoms with Crippen LogP contribution in [-0.2, 0) is 0 Å². The van der Waals surface area contributed by atoms with Crippen molar-refractivity contribution >= 4 is 23.1 Å². The Labute approximate surface area is 124 Å². The monoisotopic (exact) mass is 307 g/mol. The number of nitrogens with two attached hydrogens (primary N) is 1. The largest absolute Gasteiger partial charge is 0.449 e. The Morgan fingerprint density at radius 3 is 2.57 bits per heavy atom. The second-order valence-electron chi connectivity index (χ2n) is 3.93. The molecule has 0 unspecified atom stereocenters. The average molecular weight is 308 g/mol. The third kappa shape index (κ3) is 3.03. The van der Waals surface area contributed by atoms with E-state index < -0.39 is 4.92 Å². The van der Waals surface area contributed by atoms with Crippen LogP contribution >= 0.6 is 11.6 Å². The molecule has 8 heteroatoms. The third-order valence-electron chi connectivity index (χ3n) is 2.62. The van der Waals surface area contributed by atoms with Crippen molar-refractivity contribution in [3.05, 3.63) is 63.2 Å². The van der Waals surface area contributed by atoms with Crippen molar-refractivity contribution in [2.45, 2.75) is 0 Å². The van der Waals surface area contributed by atoms with Gasteiger partial charge < -0.3 is 15.7 Å². The SMILES string of the molecule is NC(=NO)c1c(Cl)cccc1Oc1ccccc1[N+](=O)[O-]. The van der Waals surface area contributed by atoms with Crippen molar-refractivity contribution in [1.82, 2.24) is 0 Å². The maximum Gasteiger partial charge on any atom is 0.311 e. The van der Waals surface area contributed by atoms with Crippen molar-refractivity contribution in [1.29, 1.82) is 0 Å². The number of nitro groups is 1. The summed E-state index contributed by atoms with van der Waals surface area (Å²) in [6.45, 7) is 0. The highest BCUT2D eigenvalue weighted by molar-refractivity contribution is 6.34. The molecule has 7 nitrogen and oxygen atoms in total. The highest BCUT2D eigenvalue weighted by Gasteiger charge is 2.18. The molecule has 0 heterocycles. The average Bonchev–Trinajstić information content (AvgIpc) is 2.47. The number of nitro benzene ring substituents is 1. The van der Waals surface area contributed by atoms with Crippen molar-refractivity contribution in [3.63, 3.8) is 0 Å². The minimum absolute atomic E-state index is 0.0248. The van der Waals surface area contributed by atoms with E-state index in [0.717, 1.165) is 0 Å². The maximum atomic E-state index is 11.0. The molecule has 0 radical (unpaired) electrons. The van der Waals surface area contributed by atoms with Gasteiger partial charge in [-0.2, -0.15) is 0 Å². The molecular weight excluding hydrogens is 298 g/mol. The highest BCUT2D eigenvalue weighted by Crippen LogP contribution is 2.34. The molecule has 108 valence electrons. The van der Waals surface area contributed by atoms with E-state index in [2.05, 4.69) is 5.16 Å². The molecule has 0 aliphatic carbocycles. The van der Waals surface area contributed by atoms with Gasteiger partial charge in [0.15, 0.2) is 5.84 Å². The van der Waals surface area contributed by atoms with Gasteiger partial charge in [-0.05, 0) is 18.2 Å². The number of oxime groups is 1.